The van der Waals surface area contributed by atoms with Gasteiger partial charge in [-0.3, -0.25) is 4.79 Å². The lowest BCUT2D eigenvalue weighted by Crippen LogP contribution is -2.27. The topological polar surface area (TPSA) is 70.2 Å². The van der Waals surface area contributed by atoms with E-state index in [2.05, 4.69) is 39.3 Å². The number of nitrogens with one attached hydrogen (secondary N) is 2. The van der Waals surface area contributed by atoms with Crippen molar-refractivity contribution < 1.29 is 4.79 Å². The molecule has 0 atom stereocenters. The molecule has 1 amide bonds. The van der Waals surface area contributed by atoms with Gasteiger partial charge in [-0.15, -0.1) is 0 Å². The van der Waals surface area contributed by atoms with Gasteiger partial charge in [-0.25, -0.2) is 9.97 Å². The second-order valence-corrected chi connectivity index (χ2v) is 6.84. The van der Waals surface area contributed by atoms with E-state index in [1.54, 1.807) is 6.20 Å². The summed E-state index contributed by atoms with van der Waals surface area (Å²) in [6.45, 7) is 12.3. The SMILES string of the molecule is CCN(CC)c1ccc(NC(=O)c2cnc(NC(C)(C)C)cn2)cc1. The Labute approximate surface area is 149 Å². The van der Waals surface area contributed by atoms with Crippen molar-refractivity contribution in [2.45, 2.75) is 40.2 Å². The maximum atomic E-state index is 12.3. The van der Waals surface area contributed by atoms with E-state index in [1.807, 2.05) is 45.0 Å². The highest BCUT2D eigenvalue weighted by Crippen LogP contribution is 2.18. The van der Waals surface area contributed by atoms with E-state index in [0.717, 1.165) is 24.5 Å². The van der Waals surface area contributed by atoms with Gasteiger partial charge >= 0.3 is 0 Å². The summed E-state index contributed by atoms with van der Waals surface area (Å²) in [5.74, 6) is 0.373. The predicted octanol–water partition coefficient (Wildman–Crippen LogP) is 3.79. The summed E-state index contributed by atoms with van der Waals surface area (Å²) < 4.78 is 0. The molecule has 0 fully saturated rings. The Hall–Kier alpha value is -2.63. The minimum absolute atomic E-state index is 0.106. The van der Waals surface area contributed by atoms with Crippen molar-refractivity contribution >= 4 is 23.1 Å². The van der Waals surface area contributed by atoms with Crippen LogP contribution in [0.25, 0.3) is 0 Å². The molecule has 1 aromatic heterocycles. The summed E-state index contributed by atoms with van der Waals surface area (Å²) in [4.78, 5) is 23.0. The smallest absolute Gasteiger partial charge is 0.275 e. The largest absolute Gasteiger partial charge is 0.372 e. The highest BCUT2D eigenvalue weighted by atomic mass is 16.1. The molecule has 0 aliphatic carbocycles. The Morgan fingerprint density at radius 3 is 2.16 bits per heavy atom. The first-order chi connectivity index (χ1) is 11.8. The predicted molar refractivity (Wildman–Crippen MR) is 103 cm³/mol. The first-order valence-electron chi connectivity index (χ1n) is 8.59. The average Bonchev–Trinajstić information content (AvgIpc) is 2.56. The van der Waals surface area contributed by atoms with E-state index in [0.29, 0.717) is 5.82 Å². The molecular formula is C19H27N5O. The van der Waals surface area contributed by atoms with Crippen LogP contribution in [0, 0.1) is 0 Å². The lowest BCUT2D eigenvalue weighted by atomic mass is 10.1. The number of aromatic nitrogens is 2. The summed E-state index contributed by atoms with van der Waals surface area (Å²) in [5, 5.41) is 6.06. The molecule has 2 N–H and O–H groups in total. The lowest BCUT2D eigenvalue weighted by Gasteiger charge is -2.21. The van der Waals surface area contributed by atoms with Gasteiger partial charge in [-0.2, -0.15) is 0 Å². The number of carbonyl (C=O) groups is 1. The van der Waals surface area contributed by atoms with Crippen LogP contribution in [0.1, 0.15) is 45.1 Å². The van der Waals surface area contributed by atoms with Crippen molar-refractivity contribution in [2.24, 2.45) is 0 Å². The van der Waals surface area contributed by atoms with Gasteiger partial charge in [0.05, 0.1) is 12.4 Å². The highest BCUT2D eigenvalue weighted by Gasteiger charge is 2.12. The molecule has 6 heteroatoms. The molecule has 2 aromatic rings. The summed E-state index contributed by atoms with van der Waals surface area (Å²) in [6, 6.07) is 7.80. The lowest BCUT2D eigenvalue weighted by molar-refractivity contribution is 0.102. The number of nitrogens with zero attached hydrogens (tertiary/aromatic N) is 3. The van der Waals surface area contributed by atoms with Gasteiger partial charge in [-0.05, 0) is 58.9 Å². The van der Waals surface area contributed by atoms with E-state index < -0.39 is 0 Å². The molecule has 0 radical (unpaired) electrons. The first kappa shape index (κ1) is 18.7. The summed E-state index contributed by atoms with van der Waals surface area (Å²) in [6.07, 6.45) is 3.05. The van der Waals surface area contributed by atoms with Gasteiger partial charge in [0.1, 0.15) is 11.5 Å². The van der Waals surface area contributed by atoms with Crippen LogP contribution in [-0.4, -0.2) is 34.5 Å². The van der Waals surface area contributed by atoms with E-state index in [1.165, 1.54) is 6.20 Å². The third-order valence-corrected chi connectivity index (χ3v) is 3.64. The molecule has 0 aliphatic heterocycles. The molecule has 0 saturated carbocycles. The van der Waals surface area contributed by atoms with Gasteiger partial charge in [0.2, 0.25) is 0 Å². The molecule has 0 aliphatic rings. The number of carbonyl (C=O) groups excluding carboxylic acids is 1. The van der Waals surface area contributed by atoms with Crippen molar-refractivity contribution in [1.29, 1.82) is 0 Å². The zero-order chi connectivity index (χ0) is 18.4. The van der Waals surface area contributed by atoms with Crippen molar-refractivity contribution in [3.05, 3.63) is 42.4 Å². The summed E-state index contributed by atoms with van der Waals surface area (Å²) >= 11 is 0. The maximum absolute atomic E-state index is 12.3. The van der Waals surface area contributed by atoms with Crippen LogP contribution in [0.2, 0.25) is 0 Å². The van der Waals surface area contributed by atoms with Crippen LogP contribution in [0.3, 0.4) is 0 Å². The van der Waals surface area contributed by atoms with Gasteiger partial charge in [0.25, 0.3) is 5.91 Å². The highest BCUT2D eigenvalue weighted by molar-refractivity contribution is 6.02. The van der Waals surface area contributed by atoms with Crippen molar-refractivity contribution in [3.8, 4) is 0 Å². The minimum atomic E-state index is -0.273. The third-order valence-electron chi connectivity index (χ3n) is 3.64. The average molecular weight is 341 g/mol. The fraction of sp³-hybridized carbons (Fsp3) is 0.421. The van der Waals surface area contributed by atoms with E-state index >= 15 is 0 Å². The Kier molecular flexibility index (Phi) is 5.96. The van der Waals surface area contributed by atoms with E-state index in [-0.39, 0.29) is 17.1 Å². The zero-order valence-corrected chi connectivity index (χ0v) is 15.6. The Morgan fingerprint density at radius 1 is 1.04 bits per heavy atom. The molecule has 0 saturated heterocycles. The Bertz CT molecular complexity index is 685. The third kappa shape index (κ3) is 5.45. The van der Waals surface area contributed by atoms with Crippen molar-refractivity contribution in [3.63, 3.8) is 0 Å². The Balaban J connectivity index is 2.02. The van der Waals surface area contributed by atoms with Crippen LogP contribution in [0.15, 0.2) is 36.7 Å². The summed E-state index contributed by atoms with van der Waals surface area (Å²) in [7, 11) is 0. The van der Waals surface area contributed by atoms with Gasteiger partial charge in [0.15, 0.2) is 0 Å². The van der Waals surface area contributed by atoms with Crippen molar-refractivity contribution in [1.82, 2.24) is 9.97 Å². The molecule has 6 nitrogen and oxygen atoms in total. The number of amides is 1. The fourth-order valence-corrected chi connectivity index (χ4v) is 2.43. The molecule has 0 spiro atoms. The van der Waals surface area contributed by atoms with E-state index in [4.69, 9.17) is 0 Å². The molecule has 25 heavy (non-hydrogen) atoms. The number of anilines is 3. The number of benzene rings is 1. The Morgan fingerprint density at radius 2 is 1.68 bits per heavy atom. The van der Waals surface area contributed by atoms with Crippen LogP contribution < -0.4 is 15.5 Å². The minimum Gasteiger partial charge on any atom is -0.372 e. The van der Waals surface area contributed by atoms with Gasteiger partial charge in [-0.1, -0.05) is 0 Å². The molecule has 134 valence electrons. The standard InChI is InChI=1S/C19H27N5O/c1-6-24(7-2)15-10-8-14(9-11-15)22-18(25)16-12-21-17(13-20-16)23-19(3,4)5/h8-13H,6-7H2,1-5H3,(H,21,23)(H,22,25). The number of hydrogen-bond acceptors (Lipinski definition) is 5. The maximum Gasteiger partial charge on any atom is 0.275 e. The quantitative estimate of drug-likeness (QED) is 0.836. The second kappa shape index (κ2) is 7.96. The first-order valence-corrected chi connectivity index (χ1v) is 8.59. The van der Waals surface area contributed by atoms with Crippen LogP contribution in [-0.2, 0) is 0 Å². The molecular weight excluding hydrogens is 314 g/mol. The van der Waals surface area contributed by atoms with Crippen LogP contribution >= 0.6 is 0 Å². The molecule has 2 rings (SSSR count). The fourth-order valence-electron chi connectivity index (χ4n) is 2.43. The zero-order valence-electron chi connectivity index (χ0n) is 15.6. The van der Waals surface area contributed by atoms with E-state index in [9.17, 15) is 4.79 Å². The molecule has 1 aromatic carbocycles. The molecule has 0 unspecified atom stereocenters. The number of rotatable bonds is 6. The van der Waals surface area contributed by atoms with Gasteiger partial charge in [0, 0.05) is 30.0 Å². The molecule has 0 bridgehead atoms. The van der Waals surface area contributed by atoms with Crippen molar-refractivity contribution in [2.75, 3.05) is 28.6 Å². The second-order valence-electron chi connectivity index (χ2n) is 6.84. The summed E-state index contributed by atoms with van der Waals surface area (Å²) in [5.41, 5.74) is 2.05. The van der Waals surface area contributed by atoms with Crippen LogP contribution in [0.4, 0.5) is 17.2 Å². The molecule has 1 heterocycles. The van der Waals surface area contributed by atoms with Gasteiger partial charge < -0.3 is 15.5 Å². The van der Waals surface area contributed by atoms with Crippen LogP contribution in [0.5, 0.6) is 0 Å². The normalized spacial score (nSPS) is 11.1. The monoisotopic (exact) mass is 341 g/mol. The number of hydrogen-bond donors (Lipinski definition) is 2.